The molecule has 0 radical (unpaired) electrons. The van der Waals surface area contributed by atoms with Gasteiger partial charge in [0.25, 0.3) is 5.91 Å². The molecule has 31 heavy (non-hydrogen) atoms. The Labute approximate surface area is 184 Å². The number of nitrogens with one attached hydrogen (secondary N) is 1. The van der Waals surface area contributed by atoms with Crippen LogP contribution in [0.5, 0.6) is 0 Å². The van der Waals surface area contributed by atoms with Crippen LogP contribution in [-0.4, -0.2) is 50.8 Å². The van der Waals surface area contributed by atoms with Crippen molar-refractivity contribution in [2.75, 3.05) is 19.6 Å². The topological polar surface area (TPSA) is 55.1 Å². The fraction of sp³-hybridized carbons (Fsp3) is 0.440. The van der Waals surface area contributed by atoms with Crippen LogP contribution in [0.3, 0.4) is 0 Å². The smallest absolute Gasteiger partial charge is 0.256 e. The molecule has 1 aromatic carbocycles. The fourth-order valence-electron chi connectivity index (χ4n) is 4.50. The van der Waals surface area contributed by atoms with Gasteiger partial charge in [0, 0.05) is 31.5 Å². The van der Waals surface area contributed by atoms with Gasteiger partial charge >= 0.3 is 0 Å². The molecule has 6 nitrogen and oxygen atoms in total. The van der Waals surface area contributed by atoms with Gasteiger partial charge in [0.2, 0.25) is 0 Å². The van der Waals surface area contributed by atoms with Gasteiger partial charge in [0.1, 0.15) is 5.56 Å². The summed E-state index contributed by atoms with van der Waals surface area (Å²) in [6.07, 6.45) is 8.77. The van der Waals surface area contributed by atoms with Gasteiger partial charge in [0.15, 0.2) is 5.82 Å². The first-order valence-corrected chi connectivity index (χ1v) is 11.4. The van der Waals surface area contributed by atoms with Crippen LogP contribution in [0.4, 0.5) is 0 Å². The third-order valence-electron chi connectivity index (χ3n) is 6.21. The third-order valence-corrected chi connectivity index (χ3v) is 6.21. The minimum absolute atomic E-state index is 0.0632. The Morgan fingerprint density at radius 3 is 2.71 bits per heavy atom. The Balaban J connectivity index is 1.53. The summed E-state index contributed by atoms with van der Waals surface area (Å²) in [7, 11) is 0. The van der Waals surface area contributed by atoms with Crippen LogP contribution in [0.25, 0.3) is 11.5 Å². The summed E-state index contributed by atoms with van der Waals surface area (Å²) in [5, 5.41) is 7.88. The number of amides is 1. The van der Waals surface area contributed by atoms with Crippen molar-refractivity contribution in [1.82, 2.24) is 24.6 Å². The molecule has 1 unspecified atom stereocenters. The SMILES string of the molecule is Cc1cccc(-n2nc(C)c(C(=O)NCCCN3CCCCC3C)c2-n2cccc2)c1. The molecule has 0 spiro atoms. The van der Waals surface area contributed by atoms with Gasteiger partial charge in [-0.15, -0.1) is 0 Å². The number of carbonyl (C=O) groups excluding carboxylic acids is 1. The number of carbonyl (C=O) groups is 1. The zero-order valence-electron chi connectivity index (χ0n) is 18.8. The Morgan fingerprint density at radius 2 is 1.97 bits per heavy atom. The minimum Gasteiger partial charge on any atom is -0.352 e. The summed E-state index contributed by atoms with van der Waals surface area (Å²) in [4.78, 5) is 15.8. The van der Waals surface area contributed by atoms with Gasteiger partial charge in [-0.25, -0.2) is 4.68 Å². The van der Waals surface area contributed by atoms with E-state index in [0.717, 1.165) is 35.7 Å². The molecule has 1 aliphatic rings. The first kappa shape index (κ1) is 21.4. The van der Waals surface area contributed by atoms with Crippen LogP contribution in [0.1, 0.15) is 54.2 Å². The van der Waals surface area contributed by atoms with Gasteiger partial charge < -0.3 is 14.8 Å². The summed E-state index contributed by atoms with van der Waals surface area (Å²) in [5.41, 5.74) is 3.46. The monoisotopic (exact) mass is 419 g/mol. The van der Waals surface area contributed by atoms with Gasteiger partial charge in [-0.3, -0.25) is 4.79 Å². The van der Waals surface area contributed by atoms with Crippen molar-refractivity contribution in [3.8, 4) is 11.5 Å². The standard InChI is InChI=1S/C25H33N5O/c1-19-10-8-12-22(18-19)30-25(29-15-6-7-16-29)23(21(3)27-30)24(31)26-13-9-17-28-14-5-4-11-20(28)2/h6-8,10,12,15-16,18,20H,4-5,9,11,13-14,17H2,1-3H3,(H,26,31). The Morgan fingerprint density at radius 1 is 1.16 bits per heavy atom. The van der Waals surface area contributed by atoms with Crippen molar-refractivity contribution in [3.05, 3.63) is 65.6 Å². The number of piperidine rings is 1. The Hall–Kier alpha value is -2.86. The lowest BCUT2D eigenvalue weighted by molar-refractivity contribution is 0.0948. The van der Waals surface area contributed by atoms with E-state index in [4.69, 9.17) is 5.10 Å². The highest BCUT2D eigenvalue weighted by Crippen LogP contribution is 2.23. The van der Waals surface area contributed by atoms with E-state index in [9.17, 15) is 4.79 Å². The Kier molecular flexibility index (Phi) is 6.56. The highest BCUT2D eigenvalue weighted by Gasteiger charge is 2.24. The highest BCUT2D eigenvalue weighted by atomic mass is 16.1. The van der Waals surface area contributed by atoms with Crippen LogP contribution >= 0.6 is 0 Å². The second-order valence-electron chi connectivity index (χ2n) is 8.62. The van der Waals surface area contributed by atoms with Crippen molar-refractivity contribution in [2.24, 2.45) is 0 Å². The number of aryl methyl sites for hydroxylation is 2. The molecule has 0 saturated carbocycles. The Bertz CT molecular complexity index is 1020. The second kappa shape index (κ2) is 9.52. The van der Waals surface area contributed by atoms with E-state index in [1.807, 2.05) is 52.8 Å². The molecule has 1 atom stereocenters. The lowest BCUT2D eigenvalue weighted by Gasteiger charge is -2.33. The predicted molar refractivity (Wildman–Crippen MR) is 124 cm³/mol. The minimum atomic E-state index is -0.0632. The van der Waals surface area contributed by atoms with E-state index < -0.39 is 0 Å². The number of nitrogens with zero attached hydrogens (tertiary/aromatic N) is 4. The highest BCUT2D eigenvalue weighted by molar-refractivity contribution is 5.98. The summed E-state index contributed by atoms with van der Waals surface area (Å²) in [6, 6.07) is 12.8. The molecular weight excluding hydrogens is 386 g/mol. The summed E-state index contributed by atoms with van der Waals surface area (Å²) in [5.74, 6) is 0.710. The van der Waals surface area contributed by atoms with E-state index >= 15 is 0 Å². The molecule has 3 aromatic rings. The first-order chi connectivity index (χ1) is 15.0. The molecule has 1 aliphatic heterocycles. The zero-order chi connectivity index (χ0) is 21.8. The van der Waals surface area contributed by atoms with Gasteiger partial charge in [-0.1, -0.05) is 18.6 Å². The van der Waals surface area contributed by atoms with E-state index in [2.05, 4.69) is 36.2 Å². The van der Waals surface area contributed by atoms with Crippen LogP contribution < -0.4 is 5.32 Å². The molecule has 1 fully saturated rings. The zero-order valence-corrected chi connectivity index (χ0v) is 18.8. The number of aromatic nitrogens is 3. The van der Waals surface area contributed by atoms with Crippen LogP contribution in [0, 0.1) is 13.8 Å². The molecule has 4 rings (SSSR count). The lowest BCUT2D eigenvalue weighted by Crippen LogP contribution is -2.39. The number of benzene rings is 1. The van der Waals surface area contributed by atoms with Gasteiger partial charge in [-0.05, 0) is 76.4 Å². The molecule has 2 aromatic heterocycles. The van der Waals surface area contributed by atoms with Crippen molar-refractivity contribution >= 4 is 5.91 Å². The van der Waals surface area contributed by atoms with Crippen molar-refractivity contribution in [2.45, 2.75) is 52.5 Å². The van der Waals surface area contributed by atoms with Crippen molar-refractivity contribution in [1.29, 1.82) is 0 Å². The van der Waals surface area contributed by atoms with Crippen LogP contribution in [0.15, 0.2) is 48.8 Å². The molecule has 1 N–H and O–H groups in total. The molecule has 0 bridgehead atoms. The average Bonchev–Trinajstić information content (AvgIpc) is 3.40. The summed E-state index contributed by atoms with van der Waals surface area (Å²) < 4.78 is 3.83. The number of hydrogen-bond donors (Lipinski definition) is 1. The van der Waals surface area contributed by atoms with Crippen molar-refractivity contribution in [3.63, 3.8) is 0 Å². The van der Waals surface area contributed by atoms with Crippen molar-refractivity contribution < 1.29 is 4.79 Å². The number of likely N-dealkylation sites (tertiary alicyclic amines) is 1. The maximum Gasteiger partial charge on any atom is 0.256 e. The third kappa shape index (κ3) is 4.74. The van der Waals surface area contributed by atoms with Crippen LogP contribution in [0.2, 0.25) is 0 Å². The largest absolute Gasteiger partial charge is 0.352 e. The quantitative estimate of drug-likeness (QED) is 0.582. The van der Waals surface area contributed by atoms with E-state index in [1.165, 1.54) is 25.8 Å². The van der Waals surface area contributed by atoms with E-state index in [0.29, 0.717) is 18.2 Å². The molecule has 1 saturated heterocycles. The number of hydrogen-bond acceptors (Lipinski definition) is 3. The maximum atomic E-state index is 13.2. The first-order valence-electron chi connectivity index (χ1n) is 11.4. The van der Waals surface area contributed by atoms with Gasteiger partial charge in [0.05, 0.1) is 11.4 Å². The fourth-order valence-corrected chi connectivity index (χ4v) is 4.50. The van der Waals surface area contributed by atoms with E-state index in [-0.39, 0.29) is 5.91 Å². The maximum absolute atomic E-state index is 13.2. The molecular formula is C25H33N5O. The van der Waals surface area contributed by atoms with Gasteiger partial charge in [-0.2, -0.15) is 5.10 Å². The van der Waals surface area contributed by atoms with Crippen LogP contribution in [-0.2, 0) is 0 Å². The second-order valence-corrected chi connectivity index (χ2v) is 8.62. The molecule has 0 aliphatic carbocycles. The predicted octanol–water partition coefficient (Wildman–Crippen LogP) is 4.27. The summed E-state index contributed by atoms with van der Waals surface area (Å²) >= 11 is 0. The molecule has 3 heterocycles. The normalized spacial score (nSPS) is 17.1. The summed E-state index contributed by atoms with van der Waals surface area (Å²) in [6.45, 7) is 9.16. The average molecular weight is 420 g/mol. The molecule has 1 amide bonds. The lowest BCUT2D eigenvalue weighted by atomic mass is 10.0. The molecule has 164 valence electrons. The number of rotatable bonds is 7. The molecule has 6 heteroatoms. The van der Waals surface area contributed by atoms with E-state index in [1.54, 1.807) is 0 Å².